The Kier molecular flexibility index (Phi) is 3.68. The highest BCUT2D eigenvalue weighted by Gasteiger charge is 2.30. The first-order chi connectivity index (χ1) is 10.1. The molecule has 0 radical (unpaired) electrons. The molecule has 1 aliphatic rings. The molecular formula is C16H18FNO3. The number of para-hydroxylation sites is 1. The van der Waals surface area contributed by atoms with Crippen molar-refractivity contribution in [2.24, 2.45) is 0 Å². The van der Waals surface area contributed by atoms with Gasteiger partial charge in [-0.3, -0.25) is 4.79 Å². The van der Waals surface area contributed by atoms with Crippen molar-refractivity contribution in [3.63, 3.8) is 0 Å². The van der Waals surface area contributed by atoms with Gasteiger partial charge in [-0.05, 0) is 25.0 Å². The number of halogens is 1. The molecule has 2 N–H and O–H groups in total. The maximum Gasteiger partial charge on any atom is 0.287 e. The van der Waals surface area contributed by atoms with E-state index in [0.717, 1.165) is 19.3 Å². The molecule has 1 saturated carbocycles. The number of rotatable bonds is 3. The Morgan fingerprint density at radius 1 is 1.33 bits per heavy atom. The molecular weight excluding hydrogens is 273 g/mol. The molecule has 1 heterocycles. The van der Waals surface area contributed by atoms with E-state index < -0.39 is 17.3 Å². The van der Waals surface area contributed by atoms with Crippen molar-refractivity contribution in [2.45, 2.75) is 37.7 Å². The molecule has 4 nitrogen and oxygen atoms in total. The van der Waals surface area contributed by atoms with E-state index in [0.29, 0.717) is 18.2 Å². The second-order valence-electron chi connectivity index (χ2n) is 5.74. The fraction of sp³-hybridized carbons (Fsp3) is 0.438. The predicted molar refractivity (Wildman–Crippen MR) is 76.5 cm³/mol. The first kappa shape index (κ1) is 14.1. The third kappa shape index (κ3) is 2.93. The van der Waals surface area contributed by atoms with Gasteiger partial charge in [-0.25, -0.2) is 4.39 Å². The molecule has 1 aromatic heterocycles. The molecule has 5 heteroatoms. The van der Waals surface area contributed by atoms with E-state index in [9.17, 15) is 14.3 Å². The third-order valence-corrected chi connectivity index (χ3v) is 4.08. The number of carbonyl (C=O) groups excluding carboxylic acids is 1. The fourth-order valence-corrected chi connectivity index (χ4v) is 2.86. The van der Waals surface area contributed by atoms with Crippen molar-refractivity contribution in [1.29, 1.82) is 0 Å². The molecule has 0 aliphatic heterocycles. The zero-order valence-electron chi connectivity index (χ0n) is 11.7. The van der Waals surface area contributed by atoms with Crippen LogP contribution in [0.5, 0.6) is 0 Å². The summed E-state index contributed by atoms with van der Waals surface area (Å²) in [5.74, 6) is -0.850. The molecule has 3 rings (SSSR count). The minimum atomic E-state index is -0.828. The standard InChI is InChI=1S/C16H18FNO3/c17-12-6-4-5-11-9-13(21-14(11)12)15(19)18-10-16(20)7-2-1-3-8-16/h4-6,9,20H,1-3,7-8,10H2,(H,18,19). The highest BCUT2D eigenvalue weighted by atomic mass is 19.1. The Hall–Kier alpha value is -1.88. The molecule has 2 aromatic rings. The van der Waals surface area contributed by atoms with E-state index in [1.165, 1.54) is 12.1 Å². The van der Waals surface area contributed by atoms with Crippen LogP contribution in [0, 0.1) is 5.82 Å². The molecule has 0 saturated heterocycles. The van der Waals surface area contributed by atoms with Gasteiger partial charge in [-0.1, -0.05) is 31.4 Å². The van der Waals surface area contributed by atoms with Crippen molar-refractivity contribution in [2.75, 3.05) is 6.54 Å². The minimum absolute atomic E-state index is 0.0644. The molecule has 21 heavy (non-hydrogen) atoms. The van der Waals surface area contributed by atoms with Gasteiger partial charge in [0.1, 0.15) is 0 Å². The monoisotopic (exact) mass is 291 g/mol. The van der Waals surface area contributed by atoms with E-state index in [2.05, 4.69) is 5.32 Å². The van der Waals surface area contributed by atoms with Gasteiger partial charge >= 0.3 is 0 Å². The maximum atomic E-state index is 13.5. The van der Waals surface area contributed by atoms with Gasteiger partial charge in [0.05, 0.1) is 5.60 Å². The van der Waals surface area contributed by atoms with Gasteiger partial charge in [-0.15, -0.1) is 0 Å². The van der Waals surface area contributed by atoms with Crippen LogP contribution in [0.3, 0.4) is 0 Å². The maximum absolute atomic E-state index is 13.5. The van der Waals surface area contributed by atoms with Crippen LogP contribution >= 0.6 is 0 Å². The topological polar surface area (TPSA) is 62.5 Å². The average Bonchev–Trinajstić information content (AvgIpc) is 2.91. The van der Waals surface area contributed by atoms with Gasteiger partial charge in [0.2, 0.25) is 0 Å². The molecule has 0 unspecified atom stereocenters. The molecule has 112 valence electrons. The third-order valence-electron chi connectivity index (χ3n) is 4.08. The summed E-state index contributed by atoms with van der Waals surface area (Å²) in [5.41, 5.74) is -0.746. The fourth-order valence-electron chi connectivity index (χ4n) is 2.86. The van der Waals surface area contributed by atoms with Crippen LogP contribution in [0.4, 0.5) is 4.39 Å². The quantitative estimate of drug-likeness (QED) is 0.913. The first-order valence-corrected chi connectivity index (χ1v) is 7.26. The summed E-state index contributed by atoms with van der Waals surface area (Å²) in [6.45, 7) is 0.200. The summed E-state index contributed by atoms with van der Waals surface area (Å²) < 4.78 is 18.8. The van der Waals surface area contributed by atoms with Crippen LogP contribution in [0.2, 0.25) is 0 Å². The number of aliphatic hydroxyl groups is 1. The number of hydrogen-bond donors (Lipinski definition) is 2. The van der Waals surface area contributed by atoms with E-state index in [1.807, 2.05) is 0 Å². The largest absolute Gasteiger partial charge is 0.448 e. The number of hydrogen-bond acceptors (Lipinski definition) is 3. The van der Waals surface area contributed by atoms with Crippen molar-refractivity contribution >= 4 is 16.9 Å². The summed E-state index contributed by atoms with van der Waals surface area (Å²) in [6.07, 6.45) is 4.47. The SMILES string of the molecule is O=C(NCC1(O)CCCCC1)c1cc2cccc(F)c2o1. The van der Waals surface area contributed by atoms with Crippen LogP contribution in [0.1, 0.15) is 42.7 Å². The van der Waals surface area contributed by atoms with E-state index >= 15 is 0 Å². The van der Waals surface area contributed by atoms with Crippen molar-refractivity contribution < 1.29 is 18.7 Å². The van der Waals surface area contributed by atoms with Gasteiger partial charge in [0.25, 0.3) is 5.91 Å². The normalized spacial score (nSPS) is 17.8. The number of carbonyl (C=O) groups is 1. The van der Waals surface area contributed by atoms with Gasteiger partial charge < -0.3 is 14.8 Å². The molecule has 0 bridgehead atoms. The zero-order chi connectivity index (χ0) is 14.9. The molecule has 0 spiro atoms. The second kappa shape index (κ2) is 5.48. The highest BCUT2D eigenvalue weighted by molar-refractivity contribution is 5.96. The lowest BCUT2D eigenvalue weighted by atomic mass is 9.85. The smallest absolute Gasteiger partial charge is 0.287 e. The number of furan rings is 1. The molecule has 0 atom stereocenters. The van der Waals surface area contributed by atoms with Crippen molar-refractivity contribution in [1.82, 2.24) is 5.32 Å². The van der Waals surface area contributed by atoms with Crippen LogP contribution in [-0.4, -0.2) is 23.2 Å². The van der Waals surface area contributed by atoms with Crippen molar-refractivity contribution in [3.8, 4) is 0 Å². The molecule has 1 amide bonds. The van der Waals surface area contributed by atoms with Gasteiger partial charge in [-0.2, -0.15) is 0 Å². The minimum Gasteiger partial charge on any atom is -0.448 e. The summed E-state index contributed by atoms with van der Waals surface area (Å²) >= 11 is 0. The summed E-state index contributed by atoms with van der Waals surface area (Å²) in [5, 5.41) is 13.6. The lowest BCUT2D eigenvalue weighted by Crippen LogP contribution is -2.44. The summed E-state index contributed by atoms with van der Waals surface area (Å²) in [7, 11) is 0. The lowest BCUT2D eigenvalue weighted by molar-refractivity contribution is 0.00504. The van der Waals surface area contributed by atoms with Crippen LogP contribution in [0.25, 0.3) is 11.0 Å². The number of amides is 1. The first-order valence-electron chi connectivity index (χ1n) is 7.26. The Morgan fingerprint density at radius 3 is 2.81 bits per heavy atom. The Labute approximate surface area is 121 Å². The molecule has 1 aromatic carbocycles. The lowest BCUT2D eigenvalue weighted by Gasteiger charge is -2.31. The second-order valence-corrected chi connectivity index (χ2v) is 5.74. The summed E-state index contributed by atoms with van der Waals surface area (Å²) in [6, 6.07) is 6.06. The van der Waals surface area contributed by atoms with Crippen LogP contribution in [-0.2, 0) is 0 Å². The number of benzene rings is 1. The Bertz CT molecular complexity index is 659. The molecule has 1 fully saturated rings. The number of nitrogens with one attached hydrogen (secondary N) is 1. The van der Waals surface area contributed by atoms with E-state index in [-0.39, 0.29) is 17.9 Å². The summed E-state index contributed by atoms with van der Waals surface area (Å²) in [4.78, 5) is 12.1. The van der Waals surface area contributed by atoms with Gasteiger partial charge in [0.15, 0.2) is 17.2 Å². The Morgan fingerprint density at radius 2 is 2.10 bits per heavy atom. The van der Waals surface area contributed by atoms with E-state index in [4.69, 9.17) is 4.42 Å². The highest BCUT2D eigenvalue weighted by Crippen LogP contribution is 2.27. The zero-order valence-corrected chi connectivity index (χ0v) is 11.7. The Balaban J connectivity index is 1.70. The van der Waals surface area contributed by atoms with Crippen LogP contribution in [0.15, 0.2) is 28.7 Å². The van der Waals surface area contributed by atoms with Crippen molar-refractivity contribution in [3.05, 3.63) is 35.8 Å². The van der Waals surface area contributed by atoms with Crippen LogP contribution < -0.4 is 5.32 Å². The average molecular weight is 291 g/mol. The predicted octanol–water partition coefficient (Wildman–Crippen LogP) is 3.00. The van der Waals surface area contributed by atoms with E-state index in [1.54, 1.807) is 12.1 Å². The number of fused-ring (bicyclic) bond motifs is 1. The molecule has 1 aliphatic carbocycles. The van der Waals surface area contributed by atoms with Gasteiger partial charge in [0, 0.05) is 11.9 Å².